The van der Waals surface area contributed by atoms with E-state index in [4.69, 9.17) is 5.73 Å². The standard InChI is InChI=1S/C16H18N2O/c1-18(13-7-4-8-13)16(19)14-9-11-5-2-3-6-12(11)10-15(14)17/h2-3,5-6,9-10,13H,4,7-8,17H2,1H3. The van der Waals surface area contributed by atoms with Crippen molar-refractivity contribution in [2.45, 2.75) is 25.3 Å². The second-order valence-corrected chi connectivity index (χ2v) is 5.29. The highest BCUT2D eigenvalue weighted by molar-refractivity contribution is 6.03. The zero-order chi connectivity index (χ0) is 13.4. The largest absolute Gasteiger partial charge is 0.398 e. The van der Waals surface area contributed by atoms with E-state index in [0.717, 1.165) is 23.6 Å². The third-order valence-electron chi connectivity index (χ3n) is 4.09. The molecule has 2 aromatic carbocycles. The predicted octanol–water partition coefficient (Wildman–Crippen LogP) is 3.05. The van der Waals surface area contributed by atoms with Gasteiger partial charge < -0.3 is 10.6 Å². The van der Waals surface area contributed by atoms with E-state index in [1.165, 1.54) is 6.42 Å². The molecule has 3 heteroatoms. The number of benzene rings is 2. The zero-order valence-corrected chi connectivity index (χ0v) is 11.1. The van der Waals surface area contributed by atoms with Crippen molar-refractivity contribution in [1.29, 1.82) is 0 Å². The molecule has 0 aromatic heterocycles. The molecule has 1 fully saturated rings. The molecule has 0 unspecified atom stereocenters. The average Bonchev–Trinajstić information content (AvgIpc) is 2.35. The molecule has 0 aliphatic heterocycles. The first-order valence-corrected chi connectivity index (χ1v) is 6.72. The zero-order valence-electron chi connectivity index (χ0n) is 11.1. The highest BCUT2D eigenvalue weighted by Gasteiger charge is 2.27. The van der Waals surface area contributed by atoms with E-state index in [0.29, 0.717) is 17.3 Å². The van der Waals surface area contributed by atoms with Crippen molar-refractivity contribution >= 4 is 22.4 Å². The van der Waals surface area contributed by atoms with Crippen molar-refractivity contribution in [3.8, 4) is 0 Å². The number of anilines is 1. The number of carbonyl (C=O) groups is 1. The van der Waals surface area contributed by atoms with Gasteiger partial charge in [-0.15, -0.1) is 0 Å². The molecular weight excluding hydrogens is 236 g/mol. The monoisotopic (exact) mass is 254 g/mol. The van der Waals surface area contributed by atoms with Gasteiger partial charge in [-0.2, -0.15) is 0 Å². The van der Waals surface area contributed by atoms with Crippen LogP contribution in [0.15, 0.2) is 36.4 Å². The van der Waals surface area contributed by atoms with Gasteiger partial charge >= 0.3 is 0 Å². The SMILES string of the molecule is CN(C(=O)c1cc2ccccc2cc1N)C1CCC1. The van der Waals surface area contributed by atoms with Crippen molar-refractivity contribution in [3.63, 3.8) is 0 Å². The average molecular weight is 254 g/mol. The fourth-order valence-electron chi connectivity index (χ4n) is 2.57. The Bertz CT molecular complexity index is 632. The highest BCUT2D eigenvalue weighted by Crippen LogP contribution is 2.28. The Kier molecular flexibility index (Phi) is 2.90. The normalized spacial score (nSPS) is 15.2. The third kappa shape index (κ3) is 2.05. The molecule has 0 radical (unpaired) electrons. The Morgan fingerprint density at radius 3 is 2.42 bits per heavy atom. The summed E-state index contributed by atoms with van der Waals surface area (Å²) in [7, 11) is 1.88. The molecule has 0 atom stereocenters. The summed E-state index contributed by atoms with van der Waals surface area (Å²) < 4.78 is 0. The van der Waals surface area contributed by atoms with Crippen molar-refractivity contribution in [3.05, 3.63) is 42.0 Å². The van der Waals surface area contributed by atoms with Crippen LogP contribution in [0.5, 0.6) is 0 Å². The van der Waals surface area contributed by atoms with Crippen molar-refractivity contribution in [2.24, 2.45) is 0 Å². The van der Waals surface area contributed by atoms with E-state index in [1.54, 1.807) is 0 Å². The topological polar surface area (TPSA) is 46.3 Å². The maximum absolute atomic E-state index is 12.5. The smallest absolute Gasteiger partial charge is 0.255 e. The molecule has 19 heavy (non-hydrogen) atoms. The summed E-state index contributed by atoms with van der Waals surface area (Å²) in [5, 5.41) is 2.13. The van der Waals surface area contributed by atoms with Gasteiger partial charge in [0.25, 0.3) is 5.91 Å². The Morgan fingerprint density at radius 2 is 1.84 bits per heavy atom. The molecule has 0 bridgehead atoms. The Labute approximate surface area is 113 Å². The Hall–Kier alpha value is -2.03. The fourth-order valence-corrected chi connectivity index (χ4v) is 2.57. The number of fused-ring (bicyclic) bond motifs is 1. The molecule has 0 saturated heterocycles. The Balaban J connectivity index is 1.99. The van der Waals surface area contributed by atoms with E-state index in [9.17, 15) is 4.79 Å². The van der Waals surface area contributed by atoms with E-state index < -0.39 is 0 Å². The van der Waals surface area contributed by atoms with Crippen LogP contribution in [0.3, 0.4) is 0 Å². The fraction of sp³-hybridized carbons (Fsp3) is 0.312. The lowest BCUT2D eigenvalue weighted by molar-refractivity contribution is 0.0653. The Morgan fingerprint density at radius 1 is 1.21 bits per heavy atom. The summed E-state index contributed by atoms with van der Waals surface area (Å²) in [5.74, 6) is 0.0351. The maximum atomic E-state index is 12.5. The molecule has 2 aromatic rings. The second-order valence-electron chi connectivity index (χ2n) is 5.29. The van der Waals surface area contributed by atoms with E-state index in [-0.39, 0.29) is 5.91 Å². The molecule has 1 saturated carbocycles. The van der Waals surface area contributed by atoms with Gasteiger partial charge in [0.2, 0.25) is 0 Å². The van der Waals surface area contributed by atoms with E-state index in [2.05, 4.69) is 0 Å². The van der Waals surface area contributed by atoms with Crippen LogP contribution in [-0.4, -0.2) is 23.9 Å². The van der Waals surface area contributed by atoms with Crippen LogP contribution in [-0.2, 0) is 0 Å². The first-order chi connectivity index (χ1) is 9.16. The quantitative estimate of drug-likeness (QED) is 0.837. The first-order valence-electron chi connectivity index (χ1n) is 6.72. The van der Waals surface area contributed by atoms with Gasteiger partial charge in [0.05, 0.1) is 5.56 Å². The molecule has 1 aliphatic rings. The number of nitrogen functional groups attached to an aromatic ring is 1. The molecule has 1 amide bonds. The van der Waals surface area contributed by atoms with Crippen molar-refractivity contribution < 1.29 is 4.79 Å². The summed E-state index contributed by atoms with van der Waals surface area (Å²) in [6.45, 7) is 0. The van der Waals surface area contributed by atoms with Crippen molar-refractivity contribution in [2.75, 3.05) is 12.8 Å². The van der Waals surface area contributed by atoms with Gasteiger partial charge in [0.1, 0.15) is 0 Å². The predicted molar refractivity (Wildman–Crippen MR) is 78.1 cm³/mol. The lowest BCUT2D eigenvalue weighted by atomic mass is 9.91. The van der Waals surface area contributed by atoms with Gasteiger partial charge in [-0.1, -0.05) is 24.3 Å². The van der Waals surface area contributed by atoms with Gasteiger partial charge in [-0.05, 0) is 42.2 Å². The van der Waals surface area contributed by atoms with Crippen LogP contribution >= 0.6 is 0 Å². The summed E-state index contributed by atoms with van der Waals surface area (Å²) in [6, 6.07) is 12.1. The minimum absolute atomic E-state index is 0.0351. The van der Waals surface area contributed by atoms with Crippen LogP contribution in [0.4, 0.5) is 5.69 Å². The molecule has 0 spiro atoms. The number of hydrogen-bond donors (Lipinski definition) is 1. The van der Waals surface area contributed by atoms with Crippen molar-refractivity contribution in [1.82, 2.24) is 4.90 Å². The molecule has 2 N–H and O–H groups in total. The molecule has 0 heterocycles. The molecule has 98 valence electrons. The summed E-state index contributed by atoms with van der Waals surface area (Å²) in [4.78, 5) is 14.3. The van der Waals surface area contributed by atoms with Crippen LogP contribution in [0.2, 0.25) is 0 Å². The lowest BCUT2D eigenvalue weighted by Crippen LogP contribution is -2.41. The lowest BCUT2D eigenvalue weighted by Gasteiger charge is -2.35. The van der Waals surface area contributed by atoms with Crippen LogP contribution in [0.1, 0.15) is 29.6 Å². The number of carbonyl (C=O) groups excluding carboxylic acids is 1. The third-order valence-corrected chi connectivity index (χ3v) is 4.09. The van der Waals surface area contributed by atoms with Crippen LogP contribution < -0.4 is 5.73 Å². The first kappa shape index (κ1) is 12.0. The van der Waals surface area contributed by atoms with Crippen LogP contribution in [0, 0.1) is 0 Å². The highest BCUT2D eigenvalue weighted by atomic mass is 16.2. The molecule has 3 rings (SSSR count). The number of nitrogens with zero attached hydrogens (tertiary/aromatic N) is 1. The number of rotatable bonds is 2. The van der Waals surface area contributed by atoms with Gasteiger partial charge in [-0.25, -0.2) is 0 Å². The second kappa shape index (κ2) is 4.57. The van der Waals surface area contributed by atoms with Gasteiger partial charge in [0.15, 0.2) is 0 Å². The summed E-state index contributed by atoms with van der Waals surface area (Å²) in [6.07, 6.45) is 3.43. The van der Waals surface area contributed by atoms with Gasteiger partial charge in [0, 0.05) is 18.8 Å². The van der Waals surface area contributed by atoms with E-state index >= 15 is 0 Å². The van der Waals surface area contributed by atoms with E-state index in [1.807, 2.05) is 48.3 Å². The maximum Gasteiger partial charge on any atom is 0.255 e. The number of hydrogen-bond acceptors (Lipinski definition) is 2. The summed E-state index contributed by atoms with van der Waals surface area (Å²) >= 11 is 0. The number of nitrogens with two attached hydrogens (primary N) is 1. The van der Waals surface area contributed by atoms with Gasteiger partial charge in [-0.3, -0.25) is 4.79 Å². The minimum atomic E-state index is 0.0351. The summed E-state index contributed by atoms with van der Waals surface area (Å²) in [5.41, 5.74) is 7.22. The minimum Gasteiger partial charge on any atom is -0.398 e. The number of amides is 1. The molecule has 1 aliphatic carbocycles. The molecule has 3 nitrogen and oxygen atoms in total. The molecular formula is C16H18N2O. The van der Waals surface area contributed by atoms with Crippen LogP contribution in [0.25, 0.3) is 10.8 Å².